The number of nitrogens with zero attached hydrogens (tertiary/aromatic N) is 1. The third kappa shape index (κ3) is 6.37. The highest BCUT2D eigenvalue weighted by atomic mass is 35.5. The highest BCUT2D eigenvalue weighted by molar-refractivity contribution is 7.92. The normalized spacial score (nSPS) is 12.3. The zero-order chi connectivity index (χ0) is 21.4. The van der Waals surface area contributed by atoms with Crippen molar-refractivity contribution >= 4 is 33.2 Å². The van der Waals surface area contributed by atoms with Crippen LogP contribution in [0.25, 0.3) is 0 Å². The molecular formula is C21H27ClN2O4S. The molecule has 0 bridgehead atoms. The molecule has 2 rings (SSSR count). The van der Waals surface area contributed by atoms with Gasteiger partial charge in [-0.25, -0.2) is 8.42 Å². The van der Waals surface area contributed by atoms with Crippen LogP contribution >= 0.6 is 11.6 Å². The van der Waals surface area contributed by atoms with Crippen LogP contribution in [0.4, 0.5) is 5.69 Å². The standard InChI is InChI=1S/C21H27ClN2O4S/c1-4-18(21(25)23-14-8-11-16-9-6-5-7-10-16)24(29(3,26)27)19-15-17(22)12-13-20(19)28-2/h5-7,9-10,12-13,15,18H,4,8,11,14H2,1-3H3,(H,23,25). The molecule has 2 aromatic rings. The van der Waals surface area contributed by atoms with E-state index in [2.05, 4.69) is 5.32 Å². The van der Waals surface area contributed by atoms with Crippen molar-refractivity contribution in [1.29, 1.82) is 0 Å². The van der Waals surface area contributed by atoms with Gasteiger partial charge in [-0.3, -0.25) is 9.10 Å². The van der Waals surface area contributed by atoms with Gasteiger partial charge >= 0.3 is 0 Å². The summed E-state index contributed by atoms with van der Waals surface area (Å²) in [6.45, 7) is 2.22. The van der Waals surface area contributed by atoms with Crippen molar-refractivity contribution in [2.75, 3.05) is 24.2 Å². The van der Waals surface area contributed by atoms with Gasteiger partial charge in [0.15, 0.2) is 0 Å². The Balaban J connectivity index is 2.16. The molecule has 0 spiro atoms. The van der Waals surface area contributed by atoms with Gasteiger partial charge in [0, 0.05) is 11.6 Å². The van der Waals surface area contributed by atoms with Gasteiger partial charge < -0.3 is 10.1 Å². The third-order valence-electron chi connectivity index (χ3n) is 4.49. The quantitative estimate of drug-likeness (QED) is 0.574. The van der Waals surface area contributed by atoms with Crippen molar-refractivity contribution in [2.45, 2.75) is 32.2 Å². The maximum atomic E-state index is 12.8. The topological polar surface area (TPSA) is 75.7 Å². The largest absolute Gasteiger partial charge is 0.495 e. The summed E-state index contributed by atoms with van der Waals surface area (Å²) in [5, 5.41) is 3.21. The van der Waals surface area contributed by atoms with Crippen LogP contribution in [0.2, 0.25) is 5.02 Å². The number of ether oxygens (including phenoxy) is 1. The van der Waals surface area contributed by atoms with E-state index in [-0.39, 0.29) is 11.6 Å². The first-order valence-corrected chi connectivity index (χ1v) is 11.6. The van der Waals surface area contributed by atoms with Crippen LogP contribution in [0.3, 0.4) is 0 Å². The van der Waals surface area contributed by atoms with Crippen LogP contribution in [-0.4, -0.2) is 40.3 Å². The summed E-state index contributed by atoms with van der Waals surface area (Å²) in [5.74, 6) is -0.0248. The molecule has 0 aliphatic rings. The Kier molecular flexibility index (Phi) is 8.34. The minimum atomic E-state index is -3.76. The van der Waals surface area contributed by atoms with E-state index in [4.69, 9.17) is 16.3 Å². The third-order valence-corrected chi connectivity index (χ3v) is 5.89. The first-order valence-electron chi connectivity index (χ1n) is 9.42. The molecule has 0 saturated heterocycles. The average molecular weight is 439 g/mol. The highest BCUT2D eigenvalue weighted by Gasteiger charge is 2.33. The van der Waals surface area contributed by atoms with E-state index in [0.29, 0.717) is 23.7 Å². The predicted octanol–water partition coefficient (Wildman–Crippen LogP) is 3.64. The summed E-state index contributed by atoms with van der Waals surface area (Å²) in [7, 11) is -2.32. The van der Waals surface area contributed by atoms with Gasteiger partial charge in [-0.15, -0.1) is 0 Å². The van der Waals surface area contributed by atoms with Crippen molar-refractivity contribution in [1.82, 2.24) is 5.32 Å². The summed E-state index contributed by atoms with van der Waals surface area (Å²) in [6, 6.07) is 13.8. The summed E-state index contributed by atoms with van der Waals surface area (Å²) in [4.78, 5) is 12.8. The number of hydrogen-bond acceptors (Lipinski definition) is 4. The molecule has 8 heteroatoms. The lowest BCUT2D eigenvalue weighted by molar-refractivity contribution is -0.122. The summed E-state index contributed by atoms with van der Waals surface area (Å²) < 4.78 is 31.5. The molecule has 1 N–H and O–H groups in total. The second-order valence-corrected chi connectivity index (χ2v) is 8.98. The van der Waals surface area contributed by atoms with Crippen molar-refractivity contribution in [2.24, 2.45) is 0 Å². The molecule has 0 saturated carbocycles. The lowest BCUT2D eigenvalue weighted by Crippen LogP contribution is -2.49. The van der Waals surface area contributed by atoms with Crippen LogP contribution in [-0.2, 0) is 21.2 Å². The molecule has 2 aromatic carbocycles. The Bertz CT molecular complexity index is 920. The van der Waals surface area contributed by atoms with E-state index in [1.165, 1.54) is 18.7 Å². The number of benzene rings is 2. The van der Waals surface area contributed by atoms with Crippen molar-refractivity contribution in [3.05, 3.63) is 59.1 Å². The maximum absolute atomic E-state index is 12.8. The number of anilines is 1. The van der Waals surface area contributed by atoms with E-state index in [1.54, 1.807) is 19.1 Å². The minimum absolute atomic E-state index is 0.244. The van der Waals surface area contributed by atoms with Gasteiger partial charge in [0.05, 0.1) is 19.1 Å². The molecule has 0 fully saturated rings. The van der Waals surface area contributed by atoms with Gasteiger partial charge in [0.25, 0.3) is 0 Å². The van der Waals surface area contributed by atoms with Gasteiger partial charge in [-0.05, 0) is 43.0 Å². The number of aryl methyl sites for hydroxylation is 1. The van der Waals surface area contributed by atoms with Gasteiger partial charge in [-0.2, -0.15) is 0 Å². The molecule has 1 unspecified atom stereocenters. The summed E-state index contributed by atoms with van der Waals surface area (Å²) in [5.41, 5.74) is 1.43. The van der Waals surface area contributed by atoms with E-state index in [0.717, 1.165) is 23.4 Å². The number of halogens is 1. The number of sulfonamides is 1. The summed E-state index contributed by atoms with van der Waals surface area (Å²) in [6.07, 6.45) is 2.95. The number of carbonyl (C=O) groups is 1. The van der Waals surface area contributed by atoms with Crippen LogP contribution in [0.5, 0.6) is 5.75 Å². The highest BCUT2D eigenvalue weighted by Crippen LogP contribution is 2.34. The molecular weight excluding hydrogens is 412 g/mol. The first-order chi connectivity index (χ1) is 13.8. The fraction of sp³-hybridized carbons (Fsp3) is 0.381. The zero-order valence-electron chi connectivity index (χ0n) is 16.9. The number of nitrogens with one attached hydrogen (secondary N) is 1. The number of hydrogen-bond donors (Lipinski definition) is 1. The van der Waals surface area contributed by atoms with Gasteiger partial charge in [0.2, 0.25) is 15.9 Å². The van der Waals surface area contributed by atoms with E-state index < -0.39 is 16.1 Å². The fourth-order valence-corrected chi connectivity index (χ4v) is 4.51. The molecule has 29 heavy (non-hydrogen) atoms. The number of rotatable bonds is 10. The Hall–Kier alpha value is -2.25. The monoisotopic (exact) mass is 438 g/mol. The Morgan fingerprint density at radius 3 is 2.48 bits per heavy atom. The molecule has 0 heterocycles. The predicted molar refractivity (Wildman–Crippen MR) is 117 cm³/mol. The second-order valence-electron chi connectivity index (χ2n) is 6.68. The Morgan fingerprint density at radius 2 is 1.90 bits per heavy atom. The first kappa shape index (κ1) is 23.0. The average Bonchev–Trinajstić information content (AvgIpc) is 2.69. The van der Waals surface area contributed by atoms with Crippen LogP contribution in [0, 0.1) is 0 Å². The molecule has 1 atom stereocenters. The van der Waals surface area contributed by atoms with Crippen LogP contribution < -0.4 is 14.4 Å². The molecule has 0 aliphatic heterocycles. The van der Waals surface area contributed by atoms with Crippen molar-refractivity contribution in [3.63, 3.8) is 0 Å². The molecule has 0 radical (unpaired) electrons. The van der Waals surface area contributed by atoms with E-state index in [9.17, 15) is 13.2 Å². The molecule has 6 nitrogen and oxygen atoms in total. The lowest BCUT2D eigenvalue weighted by Gasteiger charge is -2.31. The Morgan fingerprint density at radius 1 is 1.21 bits per heavy atom. The minimum Gasteiger partial charge on any atom is -0.495 e. The van der Waals surface area contributed by atoms with Crippen LogP contribution in [0.1, 0.15) is 25.3 Å². The molecule has 0 aromatic heterocycles. The van der Waals surface area contributed by atoms with E-state index >= 15 is 0 Å². The molecule has 0 aliphatic carbocycles. The second kappa shape index (κ2) is 10.5. The van der Waals surface area contributed by atoms with Gasteiger partial charge in [-0.1, -0.05) is 48.9 Å². The summed E-state index contributed by atoms with van der Waals surface area (Å²) >= 11 is 6.08. The van der Waals surface area contributed by atoms with Crippen LogP contribution in [0.15, 0.2) is 48.5 Å². The van der Waals surface area contributed by atoms with Crippen molar-refractivity contribution < 1.29 is 17.9 Å². The number of amides is 1. The number of methoxy groups -OCH3 is 1. The van der Waals surface area contributed by atoms with E-state index in [1.807, 2.05) is 30.3 Å². The smallest absolute Gasteiger partial charge is 0.243 e. The van der Waals surface area contributed by atoms with Crippen molar-refractivity contribution in [3.8, 4) is 5.75 Å². The molecule has 1 amide bonds. The SMILES string of the molecule is CCC(C(=O)NCCCc1ccccc1)N(c1cc(Cl)ccc1OC)S(C)(=O)=O. The zero-order valence-corrected chi connectivity index (χ0v) is 18.5. The maximum Gasteiger partial charge on any atom is 0.243 e. The van der Waals surface area contributed by atoms with Gasteiger partial charge in [0.1, 0.15) is 11.8 Å². The Labute approximate surface area is 177 Å². The lowest BCUT2D eigenvalue weighted by atomic mass is 10.1. The number of carbonyl (C=O) groups excluding carboxylic acids is 1. The fourth-order valence-electron chi connectivity index (χ4n) is 3.14. The molecule has 158 valence electrons.